The van der Waals surface area contributed by atoms with E-state index in [0.29, 0.717) is 29.1 Å². The molecule has 0 amide bonds. The van der Waals surface area contributed by atoms with E-state index < -0.39 is 17.7 Å². The Kier molecular flexibility index (Phi) is 6.41. The number of nitrogens with zero attached hydrogens (tertiary/aromatic N) is 2. The first kappa shape index (κ1) is 25.2. The fraction of sp³-hybridized carbons (Fsp3) is 0.345. The van der Waals surface area contributed by atoms with Gasteiger partial charge in [-0.15, -0.1) is 11.3 Å². The van der Waals surface area contributed by atoms with Gasteiger partial charge in [-0.25, -0.2) is 9.78 Å². The predicted molar refractivity (Wildman–Crippen MR) is 145 cm³/mol. The highest BCUT2D eigenvalue weighted by molar-refractivity contribution is 7.16. The van der Waals surface area contributed by atoms with Crippen molar-refractivity contribution in [1.82, 2.24) is 9.55 Å². The van der Waals surface area contributed by atoms with Crippen LogP contribution in [0.15, 0.2) is 46.7 Å². The number of aliphatic carboxylic acids is 1. The van der Waals surface area contributed by atoms with Crippen LogP contribution in [0.1, 0.15) is 55.8 Å². The van der Waals surface area contributed by atoms with E-state index in [9.17, 15) is 14.7 Å². The lowest BCUT2D eigenvalue weighted by atomic mass is 9.96. The van der Waals surface area contributed by atoms with Gasteiger partial charge in [-0.1, -0.05) is 6.07 Å². The van der Waals surface area contributed by atoms with Gasteiger partial charge in [-0.05, 0) is 88.9 Å². The lowest BCUT2D eigenvalue weighted by Gasteiger charge is -2.30. The van der Waals surface area contributed by atoms with Crippen molar-refractivity contribution < 1.29 is 19.4 Å². The van der Waals surface area contributed by atoms with Crippen molar-refractivity contribution in [2.45, 2.75) is 59.2 Å². The molecule has 0 saturated carbocycles. The standard InChI is InChI=1S/C29H30N2O5S/c1-16-25(27(28(33)34)36-29(3,4)5)31(20-9-11-22-18(13-20)7-6-12-35-22)17(2)24(26(16)32)19-8-10-21-23(14-19)37-15-30-21/h8-11,13-15,27H,6-7,12H2,1-5H3,(H,33,34). The zero-order chi connectivity index (χ0) is 26.5. The molecule has 37 heavy (non-hydrogen) atoms. The fourth-order valence-electron chi connectivity index (χ4n) is 4.99. The van der Waals surface area contributed by atoms with Crippen molar-refractivity contribution in [3.8, 4) is 22.6 Å². The van der Waals surface area contributed by atoms with Gasteiger partial charge in [-0.3, -0.25) is 4.79 Å². The molecular weight excluding hydrogens is 488 g/mol. The normalized spacial score (nSPS) is 14.3. The highest BCUT2D eigenvalue weighted by Gasteiger charge is 2.33. The molecule has 0 bridgehead atoms. The molecule has 4 aromatic rings. The van der Waals surface area contributed by atoms with Gasteiger partial charge in [0.05, 0.1) is 33.6 Å². The Morgan fingerprint density at radius 2 is 1.97 bits per heavy atom. The third-order valence-corrected chi connectivity index (χ3v) is 7.40. The van der Waals surface area contributed by atoms with Crippen LogP contribution in [0.2, 0.25) is 0 Å². The van der Waals surface area contributed by atoms with Gasteiger partial charge in [0, 0.05) is 22.5 Å². The zero-order valence-corrected chi connectivity index (χ0v) is 22.4. The molecule has 3 heterocycles. The maximum Gasteiger partial charge on any atom is 0.339 e. The van der Waals surface area contributed by atoms with E-state index in [0.717, 1.165) is 45.6 Å². The number of pyridine rings is 1. The number of aryl methyl sites for hydroxylation is 1. The number of carbonyl (C=O) groups is 1. The highest BCUT2D eigenvalue weighted by Crippen LogP contribution is 2.35. The van der Waals surface area contributed by atoms with Gasteiger partial charge in [0.1, 0.15) is 5.75 Å². The number of hydrogen-bond acceptors (Lipinski definition) is 6. The SMILES string of the molecule is Cc1c(C(OC(C)(C)C)C(=O)O)n(-c2ccc3c(c2)CCCO3)c(C)c(-c2ccc3ncsc3c2)c1=O. The second kappa shape index (κ2) is 9.43. The van der Waals surface area contributed by atoms with E-state index in [-0.39, 0.29) is 5.43 Å². The number of carboxylic acids is 1. The summed E-state index contributed by atoms with van der Waals surface area (Å²) in [6.45, 7) is 9.65. The summed E-state index contributed by atoms with van der Waals surface area (Å²) in [5, 5.41) is 10.3. The topological polar surface area (TPSA) is 90.7 Å². The number of benzene rings is 2. The van der Waals surface area contributed by atoms with Gasteiger partial charge < -0.3 is 19.1 Å². The Balaban J connectivity index is 1.83. The second-order valence-corrected chi connectivity index (χ2v) is 11.2. The summed E-state index contributed by atoms with van der Waals surface area (Å²) in [4.78, 5) is 30.8. The molecule has 0 spiro atoms. The molecule has 0 radical (unpaired) electrons. The summed E-state index contributed by atoms with van der Waals surface area (Å²) in [6.07, 6.45) is 0.444. The Bertz CT molecular complexity index is 1580. The first-order valence-corrected chi connectivity index (χ1v) is 13.2. The van der Waals surface area contributed by atoms with Crippen molar-refractivity contribution in [2.75, 3.05) is 6.61 Å². The van der Waals surface area contributed by atoms with Crippen molar-refractivity contribution in [1.29, 1.82) is 0 Å². The van der Waals surface area contributed by atoms with Crippen molar-refractivity contribution >= 4 is 27.5 Å². The second-order valence-electron chi connectivity index (χ2n) is 10.4. The third-order valence-electron chi connectivity index (χ3n) is 6.60. The van der Waals surface area contributed by atoms with Gasteiger partial charge in [0.25, 0.3) is 0 Å². The molecule has 7 nitrogen and oxygen atoms in total. The average molecular weight is 519 g/mol. The third kappa shape index (κ3) is 4.67. The van der Waals surface area contributed by atoms with Crippen molar-refractivity contribution in [3.63, 3.8) is 0 Å². The Hall–Kier alpha value is -3.49. The van der Waals surface area contributed by atoms with Crippen molar-refractivity contribution in [3.05, 3.63) is 74.6 Å². The molecule has 5 rings (SSSR count). The lowest BCUT2D eigenvalue weighted by molar-refractivity contribution is -0.161. The van der Waals surface area contributed by atoms with Crippen LogP contribution < -0.4 is 10.2 Å². The summed E-state index contributed by atoms with van der Waals surface area (Å²) in [5.74, 6) is -0.311. The van der Waals surface area contributed by atoms with Crippen molar-refractivity contribution in [2.24, 2.45) is 0 Å². The van der Waals surface area contributed by atoms with Crippen LogP contribution in [0.3, 0.4) is 0 Å². The number of carboxylic acid groups (broad SMARTS) is 1. The molecule has 192 valence electrons. The van der Waals surface area contributed by atoms with Gasteiger partial charge in [0.2, 0.25) is 0 Å². The van der Waals surface area contributed by atoms with E-state index in [1.165, 1.54) is 11.3 Å². The molecule has 0 aliphatic carbocycles. The predicted octanol–water partition coefficient (Wildman–Crippen LogP) is 6.00. The summed E-state index contributed by atoms with van der Waals surface area (Å²) in [6, 6.07) is 11.6. The van der Waals surface area contributed by atoms with E-state index in [1.54, 1.807) is 12.4 Å². The minimum Gasteiger partial charge on any atom is -0.493 e. The number of ether oxygens (including phenoxy) is 2. The maximum absolute atomic E-state index is 13.9. The van der Waals surface area contributed by atoms with Gasteiger partial charge in [-0.2, -0.15) is 0 Å². The molecule has 8 heteroatoms. The first-order valence-electron chi connectivity index (χ1n) is 12.3. The van der Waals surface area contributed by atoms with E-state index in [1.807, 2.05) is 68.7 Å². The smallest absolute Gasteiger partial charge is 0.339 e. The van der Waals surface area contributed by atoms with Crippen LogP contribution in [0.5, 0.6) is 5.75 Å². The van der Waals surface area contributed by atoms with E-state index in [2.05, 4.69) is 4.98 Å². The molecule has 1 N–H and O–H groups in total. The van der Waals surface area contributed by atoms with Crippen LogP contribution in [0.25, 0.3) is 27.0 Å². The summed E-state index contributed by atoms with van der Waals surface area (Å²) < 4.78 is 14.7. The minimum absolute atomic E-state index is 0.210. The number of thiazole rings is 1. The lowest BCUT2D eigenvalue weighted by Crippen LogP contribution is -2.33. The van der Waals surface area contributed by atoms with E-state index >= 15 is 0 Å². The molecule has 2 aromatic heterocycles. The molecule has 0 fully saturated rings. The van der Waals surface area contributed by atoms with Crippen LogP contribution in [-0.4, -0.2) is 32.8 Å². The number of hydrogen-bond donors (Lipinski definition) is 1. The summed E-state index contributed by atoms with van der Waals surface area (Å²) in [7, 11) is 0. The monoisotopic (exact) mass is 518 g/mol. The quantitative estimate of drug-likeness (QED) is 0.349. The van der Waals surface area contributed by atoms with E-state index in [4.69, 9.17) is 9.47 Å². The Morgan fingerprint density at radius 1 is 1.19 bits per heavy atom. The molecule has 1 atom stereocenters. The van der Waals surface area contributed by atoms with Crippen LogP contribution in [-0.2, 0) is 16.0 Å². The summed E-state index contributed by atoms with van der Waals surface area (Å²) >= 11 is 1.51. The fourth-order valence-corrected chi connectivity index (χ4v) is 5.70. The van der Waals surface area contributed by atoms with Gasteiger partial charge >= 0.3 is 5.97 Å². The highest BCUT2D eigenvalue weighted by atomic mass is 32.1. The molecule has 0 saturated heterocycles. The number of aromatic nitrogens is 2. The maximum atomic E-state index is 13.9. The Morgan fingerprint density at radius 3 is 2.70 bits per heavy atom. The number of rotatable bonds is 5. The molecular formula is C29H30N2O5S. The molecule has 1 aliphatic rings. The van der Waals surface area contributed by atoms with Gasteiger partial charge in [0.15, 0.2) is 11.5 Å². The zero-order valence-electron chi connectivity index (χ0n) is 21.6. The van der Waals surface area contributed by atoms with Crippen LogP contribution >= 0.6 is 11.3 Å². The summed E-state index contributed by atoms with van der Waals surface area (Å²) in [5.41, 5.74) is 6.14. The average Bonchev–Trinajstić information content (AvgIpc) is 3.32. The molecule has 1 unspecified atom stereocenters. The molecule has 2 aromatic carbocycles. The molecule has 1 aliphatic heterocycles. The number of fused-ring (bicyclic) bond motifs is 2. The minimum atomic E-state index is -1.34. The largest absolute Gasteiger partial charge is 0.493 e. The van der Waals surface area contributed by atoms with Crippen LogP contribution in [0, 0.1) is 13.8 Å². The first-order chi connectivity index (χ1) is 17.5. The van der Waals surface area contributed by atoms with Crippen LogP contribution in [0.4, 0.5) is 0 Å². The Labute approximate surface area is 219 Å².